The maximum atomic E-state index is 13.8. The van der Waals surface area contributed by atoms with Gasteiger partial charge in [-0.05, 0) is 25.7 Å². The van der Waals surface area contributed by atoms with Crippen LogP contribution in [0.3, 0.4) is 0 Å². The summed E-state index contributed by atoms with van der Waals surface area (Å²) in [6.07, 6.45) is 10.5. The van der Waals surface area contributed by atoms with Crippen LogP contribution in [-0.2, 0) is 36.6 Å². The lowest BCUT2D eigenvalue weighted by Crippen LogP contribution is -3.00. The van der Waals surface area contributed by atoms with Crippen molar-refractivity contribution in [2.24, 2.45) is 17.4 Å². The average molecular weight is 888 g/mol. The van der Waals surface area contributed by atoms with Gasteiger partial charge in [-0.1, -0.05) is 30.2 Å². The number of terminal acetylenes is 1. The number of nitrogens with two attached hydrogens (primary N) is 2. The van der Waals surface area contributed by atoms with Gasteiger partial charge in [0.25, 0.3) is 0 Å². The number of piperazine rings is 2. The zero-order valence-corrected chi connectivity index (χ0v) is 36.7. The number of rotatable bonds is 24. The molecule has 2 aliphatic rings. The van der Waals surface area contributed by atoms with Gasteiger partial charge in [-0.25, -0.2) is 9.36 Å². The van der Waals surface area contributed by atoms with E-state index in [1.165, 1.54) is 0 Å². The number of aliphatic hydroxyl groups is 1. The molecule has 0 bridgehead atoms. The van der Waals surface area contributed by atoms with E-state index in [1.807, 2.05) is 30.6 Å². The average Bonchev–Trinajstić information content (AvgIpc) is 3.94. The van der Waals surface area contributed by atoms with E-state index in [0.717, 1.165) is 12.1 Å². The smallest absolute Gasteiger partial charge is 0.338 e. The normalized spacial score (nSPS) is 15.2. The summed E-state index contributed by atoms with van der Waals surface area (Å²) in [6.45, 7) is 13.0. The van der Waals surface area contributed by atoms with E-state index in [-0.39, 0.29) is 49.3 Å². The molecule has 7 N–H and O–H groups in total. The van der Waals surface area contributed by atoms with Crippen LogP contribution in [-0.4, -0.2) is 189 Å². The van der Waals surface area contributed by atoms with Crippen molar-refractivity contribution in [1.29, 1.82) is 0 Å². The molecule has 24 heteroatoms. The molecule has 3 aromatic heterocycles. The molecule has 2 fully saturated rings. The van der Waals surface area contributed by atoms with E-state index < -0.39 is 12.1 Å². The highest BCUT2D eigenvalue weighted by Gasteiger charge is 2.33. The molecule has 0 saturated carbocycles. The second-order valence-corrected chi connectivity index (χ2v) is 15.0. The SMILES string of the molecule is C#CCOCCOCCOCCNc1nc(N2CCN(C(=O)[C@H](C(C)C)n3cc(CCO)nn3)CC2)nc(N2CCN(C(=O)[C@H](C)n3cc(CCC[NH+]=C(N)N)nn3)CC2)n1.[Cl-]. The predicted octanol–water partition coefficient (Wildman–Crippen LogP) is -6.57. The molecule has 2 aliphatic heterocycles. The topological polar surface area (TPSA) is 273 Å². The summed E-state index contributed by atoms with van der Waals surface area (Å²) in [7, 11) is 0. The first-order valence-electron chi connectivity index (χ1n) is 20.9. The number of amides is 2. The van der Waals surface area contributed by atoms with Gasteiger partial charge in [0.2, 0.25) is 29.7 Å². The van der Waals surface area contributed by atoms with Crippen molar-refractivity contribution in [2.75, 3.05) is 127 Å². The van der Waals surface area contributed by atoms with Crippen LogP contribution in [0.5, 0.6) is 0 Å². The number of carbonyl (C=O) groups excluding carboxylic acids is 2. The van der Waals surface area contributed by atoms with E-state index in [9.17, 15) is 14.7 Å². The molecule has 23 nitrogen and oxygen atoms in total. The van der Waals surface area contributed by atoms with Gasteiger partial charge in [0.15, 0.2) is 0 Å². The number of guanidine groups is 1. The Hall–Kier alpha value is -5.41. The Bertz CT molecular complexity index is 1890. The second kappa shape index (κ2) is 25.5. The molecule has 2 atom stereocenters. The quantitative estimate of drug-likeness (QED) is 0.0242. The highest BCUT2D eigenvalue weighted by molar-refractivity contribution is 5.81. The molecule has 0 radical (unpaired) electrons. The Labute approximate surface area is 368 Å². The standard InChI is InChI=1S/C38H61N17O6.ClH/c1-5-20-59-22-24-61-25-23-60-21-10-42-36-43-37(52-15-11-50(12-16-52)33(57)29(4)54-26-30(46-48-54)7-6-9-41-35(39)40)45-38(44-36)53-17-13-51(14-18-53)34(58)32(28(2)3)55-27-31(8-19-56)47-49-55;/h1,26-29,32,56H,6-25H2,2-4H3,(H4,39,40,41)(H,42,43,44,45);1H/t29-,32-;/m0./s1. The molecule has 5 rings (SSSR count). The molecule has 5 heterocycles. The van der Waals surface area contributed by atoms with Crippen LogP contribution < -0.4 is 44.0 Å². The number of ether oxygens (including phenoxy) is 3. The lowest BCUT2D eigenvalue weighted by atomic mass is 10.0. The number of hydrogen-bond acceptors (Lipinski definition) is 16. The van der Waals surface area contributed by atoms with Crippen molar-refractivity contribution >= 4 is 35.6 Å². The monoisotopic (exact) mass is 887 g/mol. The number of nitrogens with one attached hydrogen (secondary N) is 2. The Morgan fingerprint density at radius 3 is 1.94 bits per heavy atom. The number of aliphatic hydroxyl groups excluding tert-OH is 1. The third-order valence-corrected chi connectivity index (χ3v) is 10.2. The molecule has 0 unspecified atom stereocenters. The summed E-state index contributed by atoms with van der Waals surface area (Å²) < 4.78 is 19.7. The fraction of sp³-hybridized carbons (Fsp3) is 0.684. The van der Waals surface area contributed by atoms with Crippen molar-refractivity contribution in [3.05, 3.63) is 23.8 Å². The van der Waals surface area contributed by atoms with Crippen LogP contribution in [0, 0.1) is 18.3 Å². The number of hydrogen-bond donors (Lipinski definition) is 5. The molecule has 3 aromatic rings. The fourth-order valence-corrected chi connectivity index (χ4v) is 6.84. The van der Waals surface area contributed by atoms with E-state index in [4.69, 9.17) is 47.1 Å². The van der Waals surface area contributed by atoms with Gasteiger partial charge in [0.05, 0.1) is 51.0 Å². The zero-order chi connectivity index (χ0) is 43.6. The van der Waals surface area contributed by atoms with Crippen molar-refractivity contribution in [3.63, 3.8) is 0 Å². The fourth-order valence-electron chi connectivity index (χ4n) is 6.84. The minimum atomic E-state index is -0.526. The molecule has 0 aromatic carbocycles. The van der Waals surface area contributed by atoms with Crippen molar-refractivity contribution < 1.29 is 46.3 Å². The number of nitrogens with zero attached hydrogens (tertiary/aromatic N) is 13. The number of aromatic nitrogens is 9. The van der Waals surface area contributed by atoms with E-state index in [2.05, 4.69) is 46.7 Å². The van der Waals surface area contributed by atoms with E-state index in [1.54, 1.807) is 21.8 Å². The molecule has 2 saturated heterocycles. The molecular formula is C38H62ClN17O6. The minimum absolute atomic E-state index is 0. The van der Waals surface area contributed by atoms with Crippen LogP contribution in [0.25, 0.3) is 0 Å². The number of anilines is 3. The zero-order valence-electron chi connectivity index (χ0n) is 35.9. The van der Waals surface area contributed by atoms with Crippen LogP contribution in [0.1, 0.15) is 50.7 Å². The van der Waals surface area contributed by atoms with Crippen molar-refractivity contribution in [2.45, 2.75) is 52.1 Å². The predicted molar refractivity (Wildman–Crippen MR) is 224 cm³/mol. The summed E-state index contributed by atoms with van der Waals surface area (Å²) in [5.41, 5.74) is 12.3. The highest BCUT2D eigenvalue weighted by Crippen LogP contribution is 2.24. The van der Waals surface area contributed by atoms with E-state index in [0.29, 0.717) is 135 Å². The van der Waals surface area contributed by atoms with Crippen molar-refractivity contribution in [3.8, 4) is 12.3 Å². The van der Waals surface area contributed by atoms with Gasteiger partial charge in [-0.3, -0.25) is 26.0 Å². The summed E-state index contributed by atoms with van der Waals surface area (Å²) >= 11 is 0. The maximum absolute atomic E-state index is 13.8. The first-order chi connectivity index (χ1) is 29.6. The largest absolute Gasteiger partial charge is 1.00 e. The van der Waals surface area contributed by atoms with Gasteiger partial charge < -0.3 is 56.6 Å². The Morgan fingerprint density at radius 2 is 1.35 bits per heavy atom. The third-order valence-electron chi connectivity index (χ3n) is 10.2. The maximum Gasteiger partial charge on any atom is 0.338 e. The van der Waals surface area contributed by atoms with Crippen LogP contribution >= 0.6 is 0 Å². The molecule has 0 aliphatic carbocycles. The summed E-state index contributed by atoms with van der Waals surface area (Å²) in [5, 5.41) is 29.4. The molecular weight excluding hydrogens is 826 g/mol. The van der Waals surface area contributed by atoms with Gasteiger partial charge in [-0.15, -0.1) is 16.6 Å². The molecule has 0 spiro atoms. The summed E-state index contributed by atoms with van der Waals surface area (Å²) in [5.74, 6) is 3.84. The first-order valence-corrected chi connectivity index (χ1v) is 20.9. The van der Waals surface area contributed by atoms with Crippen LogP contribution in [0.2, 0.25) is 0 Å². The van der Waals surface area contributed by atoms with E-state index >= 15 is 0 Å². The lowest BCUT2D eigenvalue weighted by molar-refractivity contribution is -0.459. The lowest BCUT2D eigenvalue weighted by Gasteiger charge is -2.38. The highest BCUT2D eigenvalue weighted by atomic mass is 35.5. The molecule has 342 valence electrons. The van der Waals surface area contributed by atoms with Gasteiger partial charge in [0, 0.05) is 84.3 Å². The molecule has 2 amide bonds. The van der Waals surface area contributed by atoms with Gasteiger partial charge in [-0.2, -0.15) is 15.0 Å². The van der Waals surface area contributed by atoms with Crippen LogP contribution in [0.15, 0.2) is 12.4 Å². The Balaban J connectivity index is 0.00000845. The van der Waals surface area contributed by atoms with Crippen molar-refractivity contribution in [1.82, 2.24) is 54.7 Å². The summed E-state index contributed by atoms with van der Waals surface area (Å²) in [6, 6.07) is -1.05. The number of halogens is 1. The number of carbonyl (C=O) groups is 2. The second-order valence-electron chi connectivity index (χ2n) is 15.0. The number of aryl methyl sites for hydroxylation is 1. The minimum Gasteiger partial charge on any atom is -1.00 e. The Morgan fingerprint density at radius 1 is 0.806 bits per heavy atom. The third kappa shape index (κ3) is 14.6. The van der Waals surface area contributed by atoms with Gasteiger partial charge >= 0.3 is 5.96 Å². The van der Waals surface area contributed by atoms with Crippen LogP contribution in [0.4, 0.5) is 17.8 Å². The molecule has 62 heavy (non-hydrogen) atoms. The first kappa shape index (κ1) is 49.2. The summed E-state index contributed by atoms with van der Waals surface area (Å²) in [4.78, 5) is 52.6. The van der Waals surface area contributed by atoms with Gasteiger partial charge in [0.1, 0.15) is 18.7 Å². The Kier molecular flexibility index (Phi) is 20.3.